The van der Waals surface area contributed by atoms with Crippen molar-refractivity contribution in [3.8, 4) is 0 Å². The van der Waals surface area contributed by atoms with Crippen LogP contribution in [0.4, 0.5) is 4.39 Å². The molecule has 98 valence electrons. The van der Waals surface area contributed by atoms with E-state index in [9.17, 15) is 4.39 Å². The van der Waals surface area contributed by atoms with Gasteiger partial charge in [-0.1, -0.05) is 18.2 Å². The zero-order valence-corrected chi connectivity index (χ0v) is 11.5. The Balaban J connectivity index is 2.60. The molecule has 1 rings (SSSR count). The maximum atomic E-state index is 12.7. The van der Waals surface area contributed by atoms with Crippen molar-refractivity contribution in [1.82, 2.24) is 5.01 Å². The van der Waals surface area contributed by atoms with Crippen molar-refractivity contribution in [3.05, 3.63) is 41.7 Å². The summed E-state index contributed by atoms with van der Waals surface area (Å²) < 4.78 is 12.7. The summed E-state index contributed by atoms with van der Waals surface area (Å²) >= 11 is 0. The van der Waals surface area contributed by atoms with Gasteiger partial charge in [-0.25, -0.2) is 4.39 Å². The van der Waals surface area contributed by atoms with E-state index in [2.05, 4.69) is 32.8 Å². The van der Waals surface area contributed by atoms with E-state index in [4.69, 9.17) is 0 Å². The van der Waals surface area contributed by atoms with E-state index in [-0.39, 0.29) is 5.82 Å². The predicted octanol–water partition coefficient (Wildman–Crippen LogP) is 3.94. The van der Waals surface area contributed by atoms with Crippen LogP contribution in [0, 0.1) is 5.82 Å². The Kier molecular flexibility index (Phi) is 5.56. The van der Waals surface area contributed by atoms with E-state index in [0.29, 0.717) is 12.1 Å². The van der Waals surface area contributed by atoms with Crippen molar-refractivity contribution in [2.24, 2.45) is 5.10 Å². The Morgan fingerprint density at radius 2 is 1.61 bits per heavy atom. The van der Waals surface area contributed by atoms with E-state index >= 15 is 0 Å². The van der Waals surface area contributed by atoms with Gasteiger partial charge in [-0.3, -0.25) is 5.01 Å². The van der Waals surface area contributed by atoms with Crippen molar-refractivity contribution in [3.63, 3.8) is 0 Å². The Bertz CT molecular complexity index is 397. The van der Waals surface area contributed by atoms with E-state index in [1.54, 1.807) is 18.3 Å². The van der Waals surface area contributed by atoms with Crippen LogP contribution < -0.4 is 0 Å². The number of hydrazone groups is 1. The summed E-state index contributed by atoms with van der Waals surface area (Å²) in [5.41, 5.74) is 0.962. The largest absolute Gasteiger partial charge is 0.292 e. The molecule has 0 N–H and O–H groups in total. The van der Waals surface area contributed by atoms with Crippen LogP contribution in [0.1, 0.15) is 33.3 Å². The topological polar surface area (TPSA) is 15.6 Å². The first-order chi connectivity index (χ1) is 8.50. The van der Waals surface area contributed by atoms with E-state index < -0.39 is 0 Å². The van der Waals surface area contributed by atoms with Crippen LogP contribution >= 0.6 is 0 Å². The van der Waals surface area contributed by atoms with E-state index in [0.717, 1.165) is 5.56 Å². The van der Waals surface area contributed by atoms with Gasteiger partial charge in [-0.15, -0.1) is 0 Å². The summed E-state index contributed by atoms with van der Waals surface area (Å²) in [5, 5.41) is 6.44. The summed E-state index contributed by atoms with van der Waals surface area (Å²) in [4.78, 5) is 0. The molecule has 0 aliphatic heterocycles. The lowest BCUT2D eigenvalue weighted by molar-refractivity contribution is 0.185. The van der Waals surface area contributed by atoms with Gasteiger partial charge in [0.1, 0.15) is 5.82 Å². The molecule has 0 atom stereocenters. The van der Waals surface area contributed by atoms with Crippen LogP contribution in [0.5, 0.6) is 0 Å². The number of nitrogens with zero attached hydrogens (tertiary/aromatic N) is 2. The number of benzene rings is 1. The van der Waals surface area contributed by atoms with Crippen LogP contribution in [-0.2, 0) is 0 Å². The fraction of sp³-hybridized carbons (Fsp3) is 0.400. The Morgan fingerprint density at radius 3 is 2.11 bits per heavy atom. The standard InChI is InChI=1S/C15H21FN2/c1-12(2)18(13(3)4)17-11-5-6-14-7-9-15(16)10-8-14/h5-13H,1-4H3/b6-5+,17-11+. The molecule has 0 aliphatic rings. The highest BCUT2D eigenvalue weighted by molar-refractivity contribution is 5.77. The van der Waals surface area contributed by atoms with Gasteiger partial charge in [-0.05, 0) is 51.5 Å². The quantitative estimate of drug-likeness (QED) is 0.569. The van der Waals surface area contributed by atoms with Crippen molar-refractivity contribution in [2.45, 2.75) is 39.8 Å². The second kappa shape index (κ2) is 6.94. The summed E-state index contributed by atoms with van der Waals surface area (Å²) in [6, 6.07) is 7.13. The van der Waals surface area contributed by atoms with Gasteiger partial charge in [-0.2, -0.15) is 5.10 Å². The summed E-state index contributed by atoms with van der Waals surface area (Å²) in [6.45, 7) is 8.45. The minimum atomic E-state index is -0.216. The average Bonchev–Trinajstić information content (AvgIpc) is 2.30. The maximum absolute atomic E-state index is 12.7. The molecule has 0 spiro atoms. The monoisotopic (exact) mass is 248 g/mol. The van der Waals surface area contributed by atoms with Crippen molar-refractivity contribution in [2.75, 3.05) is 0 Å². The van der Waals surface area contributed by atoms with Gasteiger partial charge in [0.05, 0.1) is 0 Å². The molecule has 3 heteroatoms. The number of rotatable bonds is 5. The van der Waals surface area contributed by atoms with Gasteiger partial charge in [0.15, 0.2) is 0 Å². The summed E-state index contributed by atoms with van der Waals surface area (Å²) in [6.07, 6.45) is 5.54. The number of hydrogen-bond acceptors (Lipinski definition) is 2. The fourth-order valence-corrected chi connectivity index (χ4v) is 1.71. The number of halogens is 1. The molecule has 1 aromatic rings. The maximum Gasteiger partial charge on any atom is 0.123 e. The highest BCUT2D eigenvalue weighted by atomic mass is 19.1. The molecule has 0 saturated carbocycles. The molecular formula is C15H21FN2. The van der Waals surface area contributed by atoms with Crippen molar-refractivity contribution < 1.29 is 4.39 Å². The molecule has 0 fully saturated rings. The number of allylic oxidation sites excluding steroid dienone is 1. The third-order valence-corrected chi connectivity index (χ3v) is 2.50. The third-order valence-electron chi connectivity index (χ3n) is 2.50. The van der Waals surface area contributed by atoms with E-state index in [1.807, 2.05) is 17.2 Å². The predicted molar refractivity (Wildman–Crippen MR) is 76.0 cm³/mol. The molecule has 0 unspecified atom stereocenters. The van der Waals surface area contributed by atoms with Crippen LogP contribution in [0.3, 0.4) is 0 Å². The van der Waals surface area contributed by atoms with Crippen LogP contribution in [0.25, 0.3) is 6.08 Å². The highest BCUT2D eigenvalue weighted by Crippen LogP contribution is 2.06. The lowest BCUT2D eigenvalue weighted by Crippen LogP contribution is -2.32. The van der Waals surface area contributed by atoms with Crippen LogP contribution in [0.15, 0.2) is 35.4 Å². The molecular weight excluding hydrogens is 227 g/mol. The molecule has 0 radical (unpaired) electrons. The average molecular weight is 248 g/mol. The smallest absolute Gasteiger partial charge is 0.123 e. The SMILES string of the molecule is CC(C)N(/N=C/C=C/c1ccc(F)cc1)C(C)C. The lowest BCUT2D eigenvalue weighted by atomic mass is 10.2. The van der Waals surface area contributed by atoms with Gasteiger partial charge >= 0.3 is 0 Å². The van der Waals surface area contributed by atoms with E-state index in [1.165, 1.54) is 12.1 Å². The summed E-state index contributed by atoms with van der Waals surface area (Å²) in [5.74, 6) is -0.216. The molecule has 0 aromatic heterocycles. The molecule has 2 nitrogen and oxygen atoms in total. The highest BCUT2D eigenvalue weighted by Gasteiger charge is 2.08. The molecule has 0 bridgehead atoms. The molecule has 1 aromatic carbocycles. The Hall–Kier alpha value is -1.64. The van der Waals surface area contributed by atoms with Crippen molar-refractivity contribution in [1.29, 1.82) is 0 Å². The fourth-order valence-electron chi connectivity index (χ4n) is 1.71. The van der Waals surface area contributed by atoms with Crippen LogP contribution in [0.2, 0.25) is 0 Å². The zero-order chi connectivity index (χ0) is 13.5. The van der Waals surface area contributed by atoms with Gasteiger partial charge < -0.3 is 0 Å². The first kappa shape index (κ1) is 14.4. The van der Waals surface area contributed by atoms with Gasteiger partial charge in [0.25, 0.3) is 0 Å². The van der Waals surface area contributed by atoms with Gasteiger partial charge in [0.2, 0.25) is 0 Å². The number of hydrogen-bond donors (Lipinski definition) is 0. The zero-order valence-electron chi connectivity index (χ0n) is 11.5. The second-order valence-electron chi connectivity index (χ2n) is 4.74. The first-order valence-corrected chi connectivity index (χ1v) is 6.25. The lowest BCUT2D eigenvalue weighted by Gasteiger charge is -2.27. The molecule has 0 heterocycles. The van der Waals surface area contributed by atoms with Crippen LogP contribution in [-0.4, -0.2) is 23.3 Å². The minimum absolute atomic E-state index is 0.216. The Labute approximate surface area is 109 Å². The second-order valence-corrected chi connectivity index (χ2v) is 4.74. The summed E-state index contributed by atoms with van der Waals surface area (Å²) in [7, 11) is 0. The minimum Gasteiger partial charge on any atom is -0.292 e. The molecule has 0 amide bonds. The normalized spacial score (nSPS) is 12.2. The molecule has 0 aliphatic carbocycles. The Morgan fingerprint density at radius 1 is 1.06 bits per heavy atom. The molecule has 18 heavy (non-hydrogen) atoms. The van der Waals surface area contributed by atoms with Crippen molar-refractivity contribution >= 4 is 12.3 Å². The first-order valence-electron chi connectivity index (χ1n) is 6.25. The molecule has 0 saturated heterocycles. The third kappa shape index (κ3) is 4.70. The van der Waals surface area contributed by atoms with Gasteiger partial charge in [0, 0.05) is 18.3 Å².